The number of urea groups is 1. The fourth-order valence-corrected chi connectivity index (χ4v) is 0.958. The molecule has 6 nitrogen and oxygen atoms in total. The van der Waals surface area contributed by atoms with E-state index < -0.39 is 12.1 Å². The van der Waals surface area contributed by atoms with Gasteiger partial charge in [0.25, 0.3) is 0 Å². The number of carbonyl (C=O) groups is 2. The summed E-state index contributed by atoms with van der Waals surface area (Å²) in [5.74, 6) is 0. The Morgan fingerprint density at radius 1 is 1.12 bits per heavy atom. The van der Waals surface area contributed by atoms with Crippen molar-refractivity contribution in [2.45, 2.75) is 6.92 Å². The second-order valence-electron chi connectivity index (χ2n) is 3.06. The largest absolute Gasteiger partial charge is 0.452 e. The maximum absolute atomic E-state index is 11.2. The van der Waals surface area contributed by atoms with Crippen LogP contribution in [0.5, 0.6) is 0 Å². The van der Waals surface area contributed by atoms with Crippen LogP contribution in [0.1, 0.15) is 5.56 Å². The molecule has 0 heterocycles. The molecule has 0 aliphatic heterocycles. The lowest BCUT2D eigenvalue weighted by Crippen LogP contribution is -2.43. The summed E-state index contributed by atoms with van der Waals surface area (Å²) < 4.78 is 4.27. The number of hydrazine groups is 1. The van der Waals surface area contributed by atoms with E-state index in [4.69, 9.17) is 0 Å². The van der Waals surface area contributed by atoms with Crippen LogP contribution in [-0.4, -0.2) is 19.2 Å². The van der Waals surface area contributed by atoms with Gasteiger partial charge >= 0.3 is 12.1 Å². The third-order valence-electron chi connectivity index (χ3n) is 1.77. The lowest BCUT2D eigenvalue weighted by molar-refractivity contribution is 0.166. The van der Waals surface area contributed by atoms with Crippen LogP contribution in [0.2, 0.25) is 0 Å². The van der Waals surface area contributed by atoms with Crippen molar-refractivity contribution in [2.75, 3.05) is 12.4 Å². The first-order chi connectivity index (χ1) is 7.61. The van der Waals surface area contributed by atoms with Crippen molar-refractivity contribution < 1.29 is 14.3 Å². The number of methoxy groups -OCH3 is 1. The van der Waals surface area contributed by atoms with Gasteiger partial charge in [-0.15, -0.1) is 0 Å². The first-order valence-electron chi connectivity index (χ1n) is 4.59. The summed E-state index contributed by atoms with van der Waals surface area (Å²) in [6.07, 6.45) is -0.737. The second kappa shape index (κ2) is 5.59. The summed E-state index contributed by atoms with van der Waals surface area (Å²) in [7, 11) is 1.20. The third kappa shape index (κ3) is 3.87. The van der Waals surface area contributed by atoms with E-state index in [-0.39, 0.29) is 0 Å². The number of amides is 3. The van der Waals surface area contributed by atoms with Crippen LogP contribution in [0.15, 0.2) is 24.3 Å². The number of hydrogen-bond acceptors (Lipinski definition) is 3. The van der Waals surface area contributed by atoms with Crippen LogP contribution in [-0.2, 0) is 4.74 Å². The summed E-state index contributed by atoms with van der Waals surface area (Å²) in [6, 6.07) is 6.70. The number of ether oxygens (including phenoxy) is 1. The molecule has 0 atom stereocenters. The minimum atomic E-state index is -0.737. The SMILES string of the molecule is COC(=O)NNC(=O)Nc1ccc(C)cc1. The lowest BCUT2D eigenvalue weighted by Gasteiger charge is -2.07. The van der Waals surface area contributed by atoms with Gasteiger partial charge in [0, 0.05) is 5.69 Å². The van der Waals surface area contributed by atoms with Gasteiger partial charge in [-0.1, -0.05) is 17.7 Å². The zero-order valence-electron chi connectivity index (χ0n) is 9.03. The second-order valence-corrected chi connectivity index (χ2v) is 3.06. The Morgan fingerprint density at radius 3 is 2.31 bits per heavy atom. The molecule has 0 aliphatic rings. The molecule has 0 aliphatic carbocycles. The third-order valence-corrected chi connectivity index (χ3v) is 1.77. The molecular weight excluding hydrogens is 210 g/mol. The van der Waals surface area contributed by atoms with Crippen molar-refractivity contribution in [3.63, 3.8) is 0 Å². The number of carbonyl (C=O) groups excluding carboxylic acids is 2. The van der Waals surface area contributed by atoms with E-state index >= 15 is 0 Å². The van der Waals surface area contributed by atoms with Crippen LogP contribution in [0.25, 0.3) is 0 Å². The Bertz CT molecular complexity index is 375. The maximum atomic E-state index is 11.2. The summed E-state index contributed by atoms with van der Waals surface area (Å²) in [6.45, 7) is 1.95. The molecule has 1 aromatic rings. The topological polar surface area (TPSA) is 79.5 Å². The molecule has 86 valence electrons. The molecule has 16 heavy (non-hydrogen) atoms. The van der Waals surface area contributed by atoms with Crippen LogP contribution >= 0.6 is 0 Å². The standard InChI is InChI=1S/C10H13N3O3/c1-7-3-5-8(6-4-7)11-9(14)12-13-10(15)16-2/h3-6H,1-2H3,(H,13,15)(H2,11,12,14). The first-order valence-corrected chi connectivity index (χ1v) is 4.59. The van der Waals surface area contributed by atoms with Crippen molar-refractivity contribution in [1.29, 1.82) is 0 Å². The van der Waals surface area contributed by atoms with Crippen molar-refractivity contribution in [3.05, 3.63) is 29.8 Å². The van der Waals surface area contributed by atoms with Crippen molar-refractivity contribution in [3.8, 4) is 0 Å². The van der Waals surface area contributed by atoms with E-state index in [2.05, 4.69) is 15.5 Å². The molecule has 0 unspecified atom stereocenters. The number of hydrogen-bond donors (Lipinski definition) is 3. The molecule has 0 aromatic heterocycles. The fraction of sp³-hybridized carbons (Fsp3) is 0.200. The van der Waals surface area contributed by atoms with E-state index in [1.54, 1.807) is 12.1 Å². The first kappa shape index (κ1) is 11.8. The van der Waals surface area contributed by atoms with E-state index in [0.717, 1.165) is 5.56 Å². The van der Waals surface area contributed by atoms with Crippen LogP contribution < -0.4 is 16.2 Å². The van der Waals surface area contributed by atoms with E-state index in [0.29, 0.717) is 5.69 Å². The molecule has 3 N–H and O–H groups in total. The minimum Gasteiger partial charge on any atom is -0.452 e. The number of benzene rings is 1. The minimum absolute atomic E-state index is 0.547. The molecule has 0 saturated heterocycles. The molecule has 0 fully saturated rings. The summed E-state index contributed by atoms with van der Waals surface area (Å²) in [5, 5.41) is 2.53. The van der Waals surface area contributed by atoms with Gasteiger partial charge in [-0.3, -0.25) is 0 Å². The van der Waals surface area contributed by atoms with Crippen molar-refractivity contribution >= 4 is 17.8 Å². The predicted molar refractivity (Wildman–Crippen MR) is 58.9 cm³/mol. The highest BCUT2D eigenvalue weighted by molar-refractivity contribution is 5.90. The zero-order chi connectivity index (χ0) is 12.0. The van der Waals surface area contributed by atoms with E-state index in [1.807, 2.05) is 24.5 Å². The average molecular weight is 223 g/mol. The lowest BCUT2D eigenvalue weighted by atomic mass is 10.2. The smallest absolute Gasteiger partial charge is 0.425 e. The number of rotatable bonds is 1. The summed E-state index contributed by atoms with van der Waals surface area (Å²) in [4.78, 5) is 21.9. The van der Waals surface area contributed by atoms with Gasteiger partial charge in [-0.2, -0.15) is 0 Å². The summed E-state index contributed by atoms with van der Waals surface area (Å²) in [5.41, 5.74) is 5.89. The number of nitrogens with one attached hydrogen (secondary N) is 3. The van der Waals surface area contributed by atoms with Gasteiger partial charge in [0.05, 0.1) is 7.11 Å². The highest BCUT2D eigenvalue weighted by atomic mass is 16.5. The molecular formula is C10H13N3O3. The Kier molecular flexibility index (Phi) is 4.14. The Morgan fingerprint density at radius 2 is 1.75 bits per heavy atom. The van der Waals surface area contributed by atoms with Crippen LogP contribution in [0, 0.1) is 6.92 Å². The molecule has 6 heteroatoms. The van der Waals surface area contributed by atoms with E-state index in [9.17, 15) is 9.59 Å². The highest BCUT2D eigenvalue weighted by Gasteiger charge is 2.03. The quantitative estimate of drug-likeness (QED) is 0.629. The number of aryl methyl sites for hydroxylation is 1. The Labute approximate surface area is 92.9 Å². The maximum Gasteiger partial charge on any atom is 0.425 e. The predicted octanol–water partition coefficient (Wildman–Crippen LogP) is 1.39. The fourth-order valence-electron chi connectivity index (χ4n) is 0.958. The van der Waals surface area contributed by atoms with Gasteiger partial charge in [0.15, 0.2) is 0 Å². The van der Waals surface area contributed by atoms with Gasteiger partial charge in [0.1, 0.15) is 0 Å². The van der Waals surface area contributed by atoms with Gasteiger partial charge in [-0.05, 0) is 19.1 Å². The monoisotopic (exact) mass is 223 g/mol. The van der Waals surface area contributed by atoms with Gasteiger partial charge in [-0.25, -0.2) is 20.4 Å². The summed E-state index contributed by atoms with van der Waals surface area (Å²) >= 11 is 0. The van der Waals surface area contributed by atoms with Gasteiger partial charge in [0.2, 0.25) is 0 Å². The average Bonchev–Trinajstić information content (AvgIpc) is 2.29. The van der Waals surface area contributed by atoms with Crippen LogP contribution in [0.4, 0.5) is 15.3 Å². The molecule has 1 rings (SSSR count). The van der Waals surface area contributed by atoms with E-state index in [1.165, 1.54) is 7.11 Å². The number of anilines is 1. The normalized spacial score (nSPS) is 9.12. The molecule has 1 aromatic carbocycles. The van der Waals surface area contributed by atoms with Crippen molar-refractivity contribution in [2.24, 2.45) is 0 Å². The highest BCUT2D eigenvalue weighted by Crippen LogP contribution is 2.07. The molecule has 0 radical (unpaired) electrons. The Hall–Kier alpha value is -2.24. The van der Waals surface area contributed by atoms with Gasteiger partial charge < -0.3 is 10.1 Å². The molecule has 0 saturated carbocycles. The Balaban J connectivity index is 2.40. The molecule has 0 spiro atoms. The molecule has 3 amide bonds. The molecule has 0 bridgehead atoms. The zero-order valence-corrected chi connectivity index (χ0v) is 9.03. The van der Waals surface area contributed by atoms with Crippen molar-refractivity contribution in [1.82, 2.24) is 10.9 Å². The van der Waals surface area contributed by atoms with Crippen LogP contribution in [0.3, 0.4) is 0 Å².